The molecule has 9 heteroatoms. The largest absolute Gasteiger partial charge is 0.393 e. The van der Waals surface area contributed by atoms with E-state index in [0.29, 0.717) is 5.13 Å². The fraction of sp³-hybridized carbons (Fsp3) is 0.296. The molecule has 0 saturated carbocycles. The van der Waals surface area contributed by atoms with Crippen molar-refractivity contribution in [3.63, 3.8) is 0 Å². The lowest BCUT2D eigenvalue weighted by atomic mass is 9.95. The average molecular weight is 501 g/mol. The van der Waals surface area contributed by atoms with Crippen molar-refractivity contribution >= 4 is 28.6 Å². The maximum Gasteiger partial charge on any atom is 0.223 e. The van der Waals surface area contributed by atoms with E-state index in [4.69, 9.17) is 14.9 Å². The number of aromatic nitrogens is 4. The second kappa shape index (κ2) is 9.66. The summed E-state index contributed by atoms with van der Waals surface area (Å²) in [6.45, 7) is 9.43. The van der Waals surface area contributed by atoms with Crippen LogP contribution in [0.3, 0.4) is 0 Å². The zero-order valence-corrected chi connectivity index (χ0v) is 21.8. The van der Waals surface area contributed by atoms with Crippen LogP contribution in [0.2, 0.25) is 0 Å². The highest BCUT2D eigenvalue weighted by Gasteiger charge is 2.30. The van der Waals surface area contributed by atoms with Gasteiger partial charge in [0.1, 0.15) is 6.10 Å². The number of nitrogens with zero attached hydrogens (tertiary/aromatic N) is 5. The molecule has 1 aliphatic rings. The van der Waals surface area contributed by atoms with Crippen LogP contribution in [-0.2, 0) is 22.5 Å². The molecule has 0 aliphatic heterocycles. The van der Waals surface area contributed by atoms with E-state index in [1.54, 1.807) is 6.21 Å². The van der Waals surface area contributed by atoms with Crippen molar-refractivity contribution in [3.8, 4) is 27.5 Å². The Labute approximate surface area is 214 Å². The van der Waals surface area contributed by atoms with Gasteiger partial charge in [0, 0.05) is 29.9 Å². The first kappa shape index (κ1) is 23.9. The number of amides is 1. The normalized spacial score (nSPS) is 12.6. The van der Waals surface area contributed by atoms with Gasteiger partial charge in [-0.1, -0.05) is 22.6 Å². The molecule has 5 rings (SSSR count). The van der Waals surface area contributed by atoms with Crippen molar-refractivity contribution < 1.29 is 9.63 Å². The number of rotatable bonds is 6. The maximum absolute atomic E-state index is 11.7. The van der Waals surface area contributed by atoms with Gasteiger partial charge in [0.15, 0.2) is 5.13 Å². The number of hydrogen-bond donors (Lipinski definition) is 1. The van der Waals surface area contributed by atoms with Crippen LogP contribution in [0.15, 0.2) is 41.7 Å². The number of aryl methyl sites for hydroxylation is 3. The topological polar surface area (TPSA) is 94.3 Å². The van der Waals surface area contributed by atoms with Crippen LogP contribution in [0.4, 0.5) is 5.13 Å². The molecule has 0 bridgehead atoms. The quantitative estimate of drug-likeness (QED) is 0.279. The van der Waals surface area contributed by atoms with E-state index in [2.05, 4.69) is 40.6 Å². The molecule has 1 amide bonds. The van der Waals surface area contributed by atoms with Crippen LogP contribution < -0.4 is 5.32 Å². The van der Waals surface area contributed by atoms with E-state index >= 15 is 0 Å². The SMILES string of the molecule is CC(=O)Nc1nc2c(s1)-c1c(c(-c3ccc(C)nc3)nn1-c1ccc(C=NOC(C)C)cc1C)CC2. The molecule has 3 aromatic heterocycles. The lowest BCUT2D eigenvalue weighted by Gasteiger charge is -2.15. The average Bonchev–Trinajstić information content (AvgIpc) is 3.40. The number of thiazole rings is 1. The highest BCUT2D eigenvalue weighted by Crippen LogP contribution is 2.44. The summed E-state index contributed by atoms with van der Waals surface area (Å²) >= 11 is 1.49. The van der Waals surface area contributed by atoms with Crippen molar-refractivity contribution in [2.24, 2.45) is 5.16 Å². The van der Waals surface area contributed by atoms with Gasteiger partial charge < -0.3 is 10.2 Å². The number of fused-ring (bicyclic) bond motifs is 3. The van der Waals surface area contributed by atoms with Gasteiger partial charge in [-0.2, -0.15) is 5.10 Å². The summed E-state index contributed by atoms with van der Waals surface area (Å²) in [4.78, 5) is 27.2. The molecule has 1 aliphatic carbocycles. The second-order valence-electron chi connectivity index (χ2n) is 9.19. The number of pyridine rings is 1. The monoisotopic (exact) mass is 500 g/mol. The minimum Gasteiger partial charge on any atom is -0.393 e. The standard InChI is InChI=1S/C27H28N6O2S/c1-15(2)35-29-13-19-7-11-23(16(3)12-19)33-25-21(24(32-33)20-8-6-17(4)28-14-20)9-10-22-26(25)36-27(31-22)30-18(5)34/h6-8,11-15H,9-10H2,1-5H3,(H,30,31,34). The van der Waals surface area contributed by atoms with Crippen LogP contribution in [0.5, 0.6) is 0 Å². The summed E-state index contributed by atoms with van der Waals surface area (Å²) in [5.41, 5.74) is 9.03. The third-order valence-electron chi connectivity index (χ3n) is 5.90. The van der Waals surface area contributed by atoms with Gasteiger partial charge in [-0.05, 0) is 75.9 Å². The highest BCUT2D eigenvalue weighted by molar-refractivity contribution is 7.19. The first-order chi connectivity index (χ1) is 17.3. The highest BCUT2D eigenvalue weighted by atomic mass is 32.1. The smallest absolute Gasteiger partial charge is 0.223 e. The lowest BCUT2D eigenvalue weighted by Crippen LogP contribution is -2.07. The summed E-state index contributed by atoms with van der Waals surface area (Å²) < 4.78 is 2.01. The molecular weight excluding hydrogens is 472 g/mol. The van der Waals surface area contributed by atoms with Crippen LogP contribution in [0, 0.1) is 13.8 Å². The molecule has 1 N–H and O–H groups in total. The van der Waals surface area contributed by atoms with Gasteiger partial charge in [0.2, 0.25) is 5.91 Å². The molecule has 36 heavy (non-hydrogen) atoms. The Morgan fingerprint density at radius 1 is 1.22 bits per heavy atom. The van der Waals surface area contributed by atoms with Crippen LogP contribution >= 0.6 is 11.3 Å². The second-order valence-corrected chi connectivity index (χ2v) is 10.2. The van der Waals surface area contributed by atoms with Gasteiger partial charge in [0.25, 0.3) is 0 Å². The van der Waals surface area contributed by atoms with E-state index < -0.39 is 0 Å². The van der Waals surface area contributed by atoms with Gasteiger partial charge in [-0.3, -0.25) is 9.78 Å². The van der Waals surface area contributed by atoms with E-state index in [1.165, 1.54) is 23.8 Å². The zero-order chi connectivity index (χ0) is 25.4. The Kier molecular flexibility index (Phi) is 6.40. The third kappa shape index (κ3) is 4.66. The van der Waals surface area contributed by atoms with Crippen LogP contribution in [-0.4, -0.2) is 38.0 Å². The predicted molar refractivity (Wildman–Crippen MR) is 143 cm³/mol. The van der Waals surface area contributed by atoms with E-state index in [1.807, 2.05) is 43.8 Å². The Morgan fingerprint density at radius 2 is 2.06 bits per heavy atom. The molecule has 8 nitrogen and oxygen atoms in total. The molecule has 3 heterocycles. The molecule has 0 saturated heterocycles. The molecule has 1 aromatic carbocycles. The van der Waals surface area contributed by atoms with Gasteiger partial charge in [0.05, 0.1) is 33.9 Å². The fourth-order valence-electron chi connectivity index (χ4n) is 4.30. The number of nitrogens with one attached hydrogen (secondary N) is 1. The Morgan fingerprint density at radius 3 is 2.75 bits per heavy atom. The molecule has 0 atom stereocenters. The van der Waals surface area contributed by atoms with E-state index in [9.17, 15) is 4.79 Å². The summed E-state index contributed by atoms with van der Waals surface area (Å²) in [5, 5.41) is 12.6. The summed E-state index contributed by atoms with van der Waals surface area (Å²) in [5.74, 6) is -0.129. The molecule has 4 aromatic rings. The number of anilines is 1. The first-order valence-electron chi connectivity index (χ1n) is 11.9. The van der Waals surface area contributed by atoms with Crippen molar-refractivity contribution in [2.45, 2.75) is 53.6 Å². The summed E-state index contributed by atoms with van der Waals surface area (Å²) in [6, 6.07) is 10.2. The van der Waals surface area contributed by atoms with Crippen LogP contribution in [0.1, 0.15) is 48.8 Å². The molecule has 0 fully saturated rings. The molecule has 0 radical (unpaired) electrons. The minimum absolute atomic E-state index is 0.0304. The predicted octanol–water partition coefficient (Wildman–Crippen LogP) is 5.49. The van der Waals surface area contributed by atoms with E-state index in [-0.39, 0.29) is 12.0 Å². The molecule has 0 spiro atoms. The van der Waals surface area contributed by atoms with Crippen molar-refractivity contribution in [1.29, 1.82) is 0 Å². The van der Waals surface area contributed by atoms with Gasteiger partial charge in [-0.25, -0.2) is 9.67 Å². The van der Waals surface area contributed by atoms with Crippen molar-refractivity contribution in [3.05, 3.63) is 64.6 Å². The van der Waals surface area contributed by atoms with E-state index in [0.717, 1.165) is 62.9 Å². The van der Waals surface area contributed by atoms with Gasteiger partial charge >= 0.3 is 0 Å². The Balaban J connectivity index is 1.65. The zero-order valence-electron chi connectivity index (χ0n) is 21.0. The first-order valence-corrected chi connectivity index (χ1v) is 12.7. The number of carbonyl (C=O) groups excluding carboxylic acids is 1. The van der Waals surface area contributed by atoms with Crippen molar-refractivity contribution in [2.75, 3.05) is 5.32 Å². The third-order valence-corrected chi connectivity index (χ3v) is 6.92. The Hall–Kier alpha value is -3.85. The molecular formula is C27H28N6O2S. The number of benzene rings is 1. The fourth-order valence-corrected chi connectivity index (χ4v) is 5.41. The number of oxime groups is 1. The maximum atomic E-state index is 11.7. The van der Waals surface area contributed by atoms with Crippen molar-refractivity contribution in [1.82, 2.24) is 19.7 Å². The molecule has 184 valence electrons. The minimum atomic E-state index is -0.129. The molecule has 0 unspecified atom stereocenters. The Bertz CT molecular complexity index is 1470. The van der Waals surface area contributed by atoms with Crippen LogP contribution in [0.25, 0.3) is 27.5 Å². The summed E-state index contributed by atoms with van der Waals surface area (Å²) in [6.07, 6.45) is 5.24. The van der Waals surface area contributed by atoms with Gasteiger partial charge in [-0.15, -0.1) is 0 Å². The number of carbonyl (C=O) groups is 1. The lowest BCUT2D eigenvalue weighted by molar-refractivity contribution is -0.114. The summed E-state index contributed by atoms with van der Waals surface area (Å²) in [7, 11) is 0. The number of hydrogen-bond acceptors (Lipinski definition) is 7.